The van der Waals surface area contributed by atoms with Gasteiger partial charge in [0.1, 0.15) is 71.2 Å². The largest absolute Gasteiger partial charge is 0.431 e. The summed E-state index contributed by atoms with van der Waals surface area (Å²) in [6, 6.07) is 105. The number of hydrogen-bond donors (Lipinski definition) is 0. The van der Waals surface area contributed by atoms with E-state index in [0.29, 0.717) is 0 Å². The SMILES string of the molecule is Cc1cc(C)c(-n2cc[n+](-c3c(C)cc(C)cc3C)c2N=Nc2c(C)c(C)c(-c3c(C)c(C)c(N=Nc4n(-c5c(C)cc(C)cc5C)cc[n+]4-c4c(C)cc(C)cc4C)c(C)c3C)c(C)c2C)c(C)c1.c1ccc([B-](c2ccccc2)(c2ccccc2)c2ccccc2)cc1.c1ccc([B-](c2ccccc2)(c2ccccc2)c2ccccc2)cc1. The van der Waals surface area contributed by atoms with Crippen LogP contribution in [0.1, 0.15) is 111 Å². The molecular weight excluding hydrogens is 1450 g/mol. The van der Waals surface area contributed by atoms with Crippen LogP contribution in [0.15, 0.2) is 336 Å². The van der Waals surface area contributed by atoms with Gasteiger partial charge in [0.05, 0.1) is 0 Å². The van der Waals surface area contributed by atoms with Crippen molar-refractivity contribution in [2.75, 3.05) is 0 Å². The van der Waals surface area contributed by atoms with E-state index in [1.807, 2.05) is 0 Å². The highest BCUT2D eigenvalue weighted by Crippen LogP contribution is 2.46. The van der Waals surface area contributed by atoms with Crippen LogP contribution in [0.2, 0.25) is 0 Å². The fraction of sp³-hybridized carbons (Fsp3) is 0.182. The van der Waals surface area contributed by atoms with Crippen molar-refractivity contribution < 1.29 is 9.13 Å². The Morgan fingerprint density at radius 1 is 0.217 bits per heavy atom. The standard InChI is InChI=1S/C62H72N8.2C24H20B/c1-33-25-37(5)57(38(6)26-33)67-21-22-68(58-39(7)27-34(2)28-40(58)8)61(67)65-63-55-49(17)45(13)53(46(14)50(55)18)54-47(15)51(19)56(52(20)48(54)16)64-66-62-69(59-41(9)29-35(3)30-42(59)10)23-24-70(62)60-43(11)31-36(4)32-44(60)12;2*1-5-13-21(14-6-1)25(22-15-7-2-8-16-22,23-17-9-3-10-18-23)24-19-11-4-12-20-24/h21-32H,1-20H3;2*1-20H/q+2;2*-1. The van der Waals surface area contributed by atoms with Gasteiger partial charge in [0, 0.05) is 10.2 Å². The minimum absolute atomic E-state index is 0.747. The number of aryl methyl sites for hydroxylation is 12. The van der Waals surface area contributed by atoms with Gasteiger partial charge in [0.2, 0.25) is 0 Å². The van der Waals surface area contributed by atoms with E-state index in [4.69, 9.17) is 20.5 Å². The summed E-state index contributed by atoms with van der Waals surface area (Å²) in [5, 5.41) is 20.9. The lowest BCUT2D eigenvalue weighted by atomic mass is 9.13. The van der Waals surface area contributed by atoms with Crippen LogP contribution in [0, 0.1) is 138 Å². The van der Waals surface area contributed by atoms with Gasteiger partial charge in [-0.1, -0.05) is 324 Å². The molecule has 0 radical (unpaired) electrons. The van der Waals surface area contributed by atoms with Gasteiger partial charge in [0.25, 0.3) is 0 Å². The summed E-state index contributed by atoms with van der Waals surface area (Å²) in [5.74, 6) is 1.49. The van der Waals surface area contributed by atoms with Gasteiger partial charge < -0.3 is 0 Å². The average Bonchev–Trinajstić information content (AvgIpc) is 1.14. The maximum absolute atomic E-state index is 5.22. The Labute approximate surface area is 713 Å². The first-order chi connectivity index (χ1) is 57.9. The monoisotopic (exact) mass is 1570 g/mol. The number of nitrogens with zero attached hydrogens (tertiary/aromatic N) is 8. The van der Waals surface area contributed by atoms with Crippen LogP contribution in [-0.2, 0) is 0 Å². The maximum Gasteiger partial charge on any atom is 0.431 e. The second-order valence-corrected chi connectivity index (χ2v) is 33.5. The first-order valence-electron chi connectivity index (χ1n) is 42.2. The predicted molar refractivity (Wildman–Crippen MR) is 510 cm³/mol. The van der Waals surface area contributed by atoms with Crippen LogP contribution < -0.4 is 52.8 Å². The fourth-order valence-corrected chi connectivity index (χ4v) is 19.9. The summed E-state index contributed by atoms with van der Waals surface area (Å²) in [4.78, 5) is 0. The smallest absolute Gasteiger partial charge is 0.197 e. The number of azo groups is 2. The van der Waals surface area contributed by atoms with Crippen molar-refractivity contribution in [3.63, 3.8) is 0 Å². The lowest BCUT2D eigenvalue weighted by Crippen LogP contribution is -2.74. The summed E-state index contributed by atoms with van der Waals surface area (Å²) < 4.78 is 8.81. The van der Waals surface area contributed by atoms with Crippen LogP contribution in [-0.4, -0.2) is 21.4 Å². The Morgan fingerprint density at radius 3 is 0.592 bits per heavy atom. The molecule has 14 aromatic carbocycles. The fourth-order valence-electron chi connectivity index (χ4n) is 19.9. The Bertz CT molecular complexity index is 5450. The second-order valence-electron chi connectivity index (χ2n) is 33.5. The minimum Gasteiger partial charge on any atom is -0.197 e. The van der Waals surface area contributed by atoms with E-state index in [2.05, 4.69) is 473 Å². The predicted octanol–water partition coefficient (Wildman–Crippen LogP) is 22.6. The molecule has 0 atom stereocenters. The molecule has 0 bridgehead atoms. The van der Waals surface area contributed by atoms with Crippen molar-refractivity contribution >= 4 is 79.3 Å². The van der Waals surface area contributed by atoms with E-state index in [1.54, 1.807) is 0 Å². The van der Waals surface area contributed by atoms with Gasteiger partial charge in [-0.2, -0.15) is 62.0 Å². The van der Waals surface area contributed by atoms with Crippen LogP contribution in [0.3, 0.4) is 0 Å². The highest BCUT2D eigenvalue weighted by Gasteiger charge is 2.35. The molecule has 0 aliphatic carbocycles. The normalized spacial score (nSPS) is 11.6. The zero-order chi connectivity index (χ0) is 84.8. The molecule has 0 aliphatic rings. The number of imidazole rings is 2. The molecule has 2 aromatic heterocycles. The zero-order valence-corrected chi connectivity index (χ0v) is 73.8. The van der Waals surface area contributed by atoms with Crippen molar-refractivity contribution in [2.45, 2.75) is 138 Å². The average molecular weight is 1570 g/mol. The number of aromatic nitrogens is 4. The Hall–Kier alpha value is -13.2. The minimum atomic E-state index is -1.22. The molecule has 0 aliphatic heterocycles. The highest BCUT2D eigenvalue weighted by molar-refractivity contribution is 7.20. The Morgan fingerprint density at radius 2 is 0.400 bits per heavy atom. The molecular formula is C110H112B2N8. The third-order valence-electron chi connectivity index (χ3n) is 25.4. The molecule has 0 spiro atoms. The lowest BCUT2D eigenvalue weighted by molar-refractivity contribution is -0.582. The summed E-state index contributed by atoms with van der Waals surface area (Å²) in [7, 11) is 0. The number of benzene rings is 14. The van der Waals surface area contributed by atoms with E-state index >= 15 is 0 Å². The van der Waals surface area contributed by atoms with Crippen LogP contribution in [0.5, 0.6) is 0 Å². The second kappa shape index (κ2) is 35.6. The van der Waals surface area contributed by atoms with E-state index in [0.717, 1.165) is 68.3 Å². The van der Waals surface area contributed by atoms with Gasteiger partial charge in [-0.15, -0.1) is 0 Å². The van der Waals surface area contributed by atoms with Crippen LogP contribution >= 0.6 is 0 Å². The Kier molecular flexibility index (Phi) is 24.7. The molecule has 120 heavy (non-hydrogen) atoms. The number of hydrogen-bond acceptors (Lipinski definition) is 4. The van der Waals surface area contributed by atoms with E-state index in [9.17, 15) is 0 Å². The molecule has 16 rings (SSSR count). The van der Waals surface area contributed by atoms with E-state index in [1.165, 1.54) is 144 Å². The van der Waals surface area contributed by atoms with Crippen molar-refractivity contribution in [1.29, 1.82) is 0 Å². The third-order valence-corrected chi connectivity index (χ3v) is 25.4. The molecule has 0 fully saturated rings. The molecule has 2 heterocycles. The molecule has 0 N–H and O–H groups in total. The van der Waals surface area contributed by atoms with Crippen LogP contribution in [0.25, 0.3) is 33.9 Å². The summed E-state index contributed by atoms with van der Waals surface area (Å²) in [5.41, 5.74) is 43.3. The molecule has 8 nitrogen and oxygen atoms in total. The molecule has 0 saturated carbocycles. The van der Waals surface area contributed by atoms with Crippen molar-refractivity contribution in [3.8, 4) is 33.9 Å². The van der Waals surface area contributed by atoms with Gasteiger partial charge in [-0.3, -0.25) is 0 Å². The zero-order valence-electron chi connectivity index (χ0n) is 73.8. The summed E-state index contributed by atoms with van der Waals surface area (Å²) >= 11 is 0. The molecule has 16 aromatic rings. The highest BCUT2D eigenvalue weighted by atomic mass is 15.3. The van der Waals surface area contributed by atoms with Crippen LogP contribution in [0.4, 0.5) is 23.3 Å². The first kappa shape index (κ1) is 83.3. The van der Waals surface area contributed by atoms with E-state index < -0.39 is 12.3 Å². The van der Waals surface area contributed by atoms with Crippen molar-refractivity contribution in [3.05, 3.63) is 427 Å². The first-order valence-corrected chi connectivity index (χ1v) is 42.2. The lowest BCUT2D eigenvalue weighted by Gasteiger charge is -2.44. The third kappa shape index (κ3) is 15.9. The van der Waals surface area contributed by atoms with Crippen molar-refractivity contribution in [2.24, 2.45) is 20.5 Å². The quantitative estimate of drug-likeness (QED) is 0.0495. The summed E-state index contributed by atoms with van der Waals surface area (Å²) in [6.07, 6.45) is 6.08. The van der Waals surface area contributed by atoms with Gasteiger partial charge in [0.15, 0.2) is 0 Å². The Balaban J connectivity index is 0.000000189. The van der Waals surface area contributed by atoms with Gasteiger partial charge in [-0.25, -0.2) is 0 Å². The molecule has 0 saturated heterocycles. The topological polar surface area (TPSA) is 67.1 Å². The van der Waals surface area contributed by atoms with Gasteiger partial charge in [-0.05, 0) is 239 Å². The maximum atomic E-state index is 5.22. The molecule has 10 heteroatoms. The molecule has 0 amide bonds. The van der Waals surface area contributed by atoms with E-state index in [-0.39, 0.29) is 0 Å². The summed E-state index contributed by atoms with van der Waals surface area (Å²) in [6.45, 7) is 43.8. The molecule has 0 unspecified atom stereocenters. The molecule has 598 valence electrons. The number of rotatable bonds is 17. The van der Waals surface area contributed by atoms with Crippen molar-refractivity contribution in [1.82, 2.24) is 9.13 Å². The van der Waals surface area contributed by atoms with Gasteiger partial charge >= 0.3 is 11.9 Å².